The summed E-state index contributed by atoms with van der Waals surface area (Å²) in [7, 11) is 0. The largest absolute Gasteiger partial charge is 0.455 e. The van der Waals surface area contributed by atoms with Crippen molar-refractivity contribution in [1.82, 2.24) is 10.1 Å². The predicted molar refractivity (Wildman–Crippen MR) is 31.9 cm³/mol. The molecular weight excluding hydrogens is 175 g/mol. The van der Waals surface area contributed by atoms with Crippen LogP contribution in [0, 0.1) is 0 Å². The fourth-order valence-electron chi connectivity index (χ4n) is 0.535. The predicted octanol–water partition coefficient (Wildman–Crippen LogP) is 1.11. The number of nitrogens with zero attached hydrogens (tertiary/aromatic N) is 2. The van der Waals surface area contributed by atoms with Crippen LogP contribution < -0.4 is 5.73 Å². The molecule has 0 unspecified atom stereocenters. The molecule has 0 saturated heterocycles. The third-order valence-corrected chi connectivity index (χ3v) is 1.08. The van der Waals surface area contributed by atoms with Crippen LogP contribution in [0.25, 0.3) is 0 Å². The van der Waals surface area contributed by atoms with E-state index >= 15 is 0 Å². The molecule has 7 heteroatoms. The van der Waals surface area contributed by atoms with Crippen LogP contribution in [0.1, 0.15) is 24.7 Å². The summed E-state index contributed by atoms with van der Waals surface area (Å²) in [5.41, 5.74) is 5.21. The molecule has 0 radical (unpaired) electrons. The third-order valence-electron chi connectivity index (χ3n) is 1.08. The van der Waals surface area contributed by atoms with Gasteiger partial charge in [0.25, 0.3) is 5.82 Å². The van der Waals surface area contributed by atoms with Crippen LogP contribution in [-0.4, -0.2) is 10.1 Å². The Morgan fingerprint density at radius 1 is 1.50 bits per heavy atom. The van der Waals surface area contributed by atoms with Crippen LogP contribution in [0.3, 0.4) is 0 Å². The Morgan fingerprint density at radius 3 is 2.33 bits per heavy atom. The van der Waals surface area contributed by atoms with Gasteiger partial charge in [0, 0.05) is 0 Å². The van der Waals surface area contributed by atoms with Crippen molar-refractivity contribution < 1.29 is 17.7 Å². The van der Waals surface area contributed by atoms with Crippen molar-refractivity contribution in [2.45, 2.75) is 19.1 Å². The average molecular weight is 181 g/mol. The smallest absolute Gasteiger partial charge is 0.337 e. The van der Waals surface area contributed by atoms with E-state index in [-0.39, 0.29) is 5.89 Å². The molecule has 1 rings (SSSR count). The molecule has 0 aromatic carbocycles. The molecule has 0 aliphatic carbocycles. The van der Waals surface area contributed by atoms with Gasteiger partial charge in [-0.15, -0.1) is 0 Å². The second-order valence-electron chi connectivity index (χ2n) is 2.24. The Kier molecular flexibility index (Phi) is 2.05. The summed E-state index contributed by atoms with van der Waals surface area (Å²) >= 11 is 0. The van der Waals surface area contributed by atoms with Crippen LogP contribution in [0.2, 0.25) is 0 Å². The summed E-state index contributed by atoms with van der Waals surface area (Å²) in [6.07, 6.45) is -4.57. The number of aromatic nitrogens is 2. The Hall–Kier alpha value is -1.11. The number of halogens is 3. The standard InChI is InChI=1S/C5H6F3N3O/c1-2(9)3-10-4(11-12-3)5(6,7)8/h2H,9H2,1H3/t2-/m0/s1. The van der Waals surface area contributed by atoms with Gasteiger partial charge >= 0.3 is 6.18 Å². The lowest BCUT2D eigenvalue weighted by atomic mass is 10.4. The van der Waals surface area contributed by atoms with Crippen LogP contribution in [0.4, 0.5) is 13.2 Å². The molecular formula is C5H6F3N3O. The highest BCUT2D eigenvalue weighted by Gasteiger charge is 2.37. The zero-order chi connectivity index (χ0) is 9.35. The van der Waals surface area contributed by atoms with E-state index in [1.54, 1.807) is 0 Å². The summed E-state index contributed by atoms with van der Waals surface area (Å²) in [4.78, 5) is 3.05. The van der Waals surface area contributed by atoms with E-state index in [1.165, 1.54) is 6.92 Å². The first-order valence-electron chi connectivity index (χ1n) is 3.07. The molecule has 0 spiro atoms. The first-order chi connectivity index (χ1) is 5.41. The second-order valence-corrected chi connectivity index (χ2v) is 2.24. The van der Waals surface area contributed by atoms with Gasteiger partial charge in [0.1, 0.15) is 0 Å². The molecule has 1 heterocycles. The maximum atomic E-state index is 11.8. The fourth-order valence-corrected chi connectivity index (χ4v) is 0.535. The van der Waals surface area contributed by atoms with Gasteiger partial charge in [0.15, 0.2) is 0 Å². The summed E-state index contributed by atoms with van der Waals surface area (Å²) in [6, 6.07) is -0.686. The van der Waals surface area contributed by atoms with Crippen molar-refractivity contribution in [3.05, 3.63) is 11.7 Å². The minimum atomic E-state index is -4.57. The number of hydrogen-bond acceptors (Lipinski definition) is 4. The molecule has 1 aromatic rings. The van der Waals surface area contributed by atoms with Gasteiger partial charge in [-0.3, -0.25) is 0 Å². The quantitative estimate of drug-likeness (QED) is 0.704. The number of rotatable bonds is 1. The molecule has 1 atom stereocenters. The molecule has 4 nitrogen and oxygen atoms in total. The Morgan fingerprint density at radius 2 is 2.08 bits per heavy atom. The van der Waals surface area contributed by atoms with E-state index in [0.29, 0.717) is 0 Å². The Bertz CT molecular complexity index is 267. The van der Waals surface area contributed by atoms with Crippen LogP contribution in [0.5, 0.6) is 0 Å². The zero-order valence-corrected chi connectivity index (χ0v) is 6.09. The highest BCUT2D eigenvalue weighted by molar-refractivity contribution is 4.93. The Balaban J connectivity index is 2.92. The highest BCUT2D eigenvalue weighted by Crippen LogP contribution is 2.26. The first kappa shape index (κ1) is 8.98. The number of nitrogens with two attached hydrogens (primary N) is 1. The minimum absolute atomic E-state index is 0.220. The van der Waals surface area contributed by atoms with E-state index in [4.69, 9.17) is 5.73 Å². The van der Waals surface area contributed by atoms with E-state index in [1.807, 2.05) is 0 Å². The van der Waals surface area contributed by atoms with Gasteiger partial charge in [0.05, 0.1) is 6.04 Å². The average Bonchev–Trinajstić information content (AvgIpc) is 2.30. The molecule has 12 heavy (non-hydrogen) atoms. The molecule has 2 N–H and O–H groups in total. The van der Waals surface area contributed by atoms with Crippen molar-refractivity contribution in [2.75, 3.05) is 0 Å². The molecule has 1 aromatic heterocycles. The van der Waals surface area contributed by atoms with Crippen molar-refractivity contribution in [3.8, 4) is 0 Å². The highest BCUT2D eigenvalue weighted by atomic mass is 19.4. The lowest BCUT2D eigenvalue weighted by Gasteiger charge is -1.96. The topological polar surface area (TPSA) is 64.9 Å². The molecule has 0 saturated carbocycles. The van der Waals surface area contributed by atoms with Crippen LogP contribution in [0.15, 0.2) is 4.52 Å². The van der Waals surface area contributed by atoms with Gasteiger partial charge in [-0.25, -0.2) is 0 Å². The first-order valence-corrected chi connectivity index (χ1v) is 3.07. The SMILES string of the molecule is C[C@H](N)c1nc(C(F)(F)F)no1. The van der Waals surface area contributed by atoms with E-state index in [9.17, 15) is 13.2 Å². The molecule has 68 valence electrons. The van der Waals surface area contributed by atoms with Crippen molar-refractivity contribution >= 4 is 0 Å². The lowest BCUT2D eigenvalue weighted by molar-refractivity contribution is -0.146. The van der Waals surface area contributed by atoms with Crippen LogP contribution in [-0.2, 0) is 6.18 Å². The maximum absolute atomic E-state index is 11.8. The molecule has 0 amide bonds. The fraction of sp³-hybridized carbons (Fsp3) is 0.600. The summed E-state index contributed by atoms with van der Waals surface area (Å²) in [5, 5.41) is 2.72. The molecule has 0 aliphatic heterocycles. The minimum Gasteiger partial charge on any atom is -0.337 e. The third kappa shape index (κ3) is 1.73. The molecule has 0 fully saturated rings. The summed E-state index contributed by atoms with van der Waals surface area (Å²) in [5.74, 6) is -1.52. The monoisotopic (exact) mass is 181 g/mol. The molecule has 0 bridgehead atoms. The normalized spacial score (nSPS) is 14.8. The van der Waals surface area contributed by atoms with E-state index in [2.05, 4.69) is 14.7 Å². The van der Waals surface area contributed by atoms with Gasteiger partial charge in [-0.1, -0.05) is 5.16 Å². The van der Waals surface area contributed by atoms with Crippen molar-refractivity contribution in [3.63, 3.8) is 0 Å². The van der Waals surface area contributed by atoms with Crippen molar-refractivity contribution in [1.29, 1.82) is 0 Å². The van der Waals surface area contributed by atoms with Gasteiger partial charge in [-0.2, -0.15) is 18.2 Å². The second kappa shape index (κ2) is 2.74. The van der Waals surface area contributed by atoms with E-state index in [0.717, 1.165) is 0 Å². The summed E-state index contributed by atoms with van der Waals surface area (Å²) < 4.78 is 39.8. The number of alkyl halides is 3. The van der Waals surface area contributed by atoms with Crippen LogP contribution >= 0.6 is 0 Å². The van der Waals surface area contributed by atoms with E-state index < -0.39 is 18.0 Å². The van der Waals surface area contributed by atoms with Gasteiger partial charge in [0.2, 0.25) is 5.89 Å². The van der Waals surface area contributed by atoms with Gasteiger partial charge < -0.3 is 10.3 Å². The maximum Gasteiger partial charge on any atom is 0.455 e. The zero-order valence-electron chi connectivity index (χ0n) is 6.09. The summed E-state index contributed by atoms with van der Waals surface area (Å²) in [6.45, 7) is 1.45. The molecule has 0 aliphatic rings. The van der Waals surface area contributed by atoms with Gasteiger partial charge in [-0.05, 0) is 6.92 Å². The lowest BCUT2D eigenvalue weighted by Crippen LogP contribution is -2.09. The number of hydrogen-bond donors (Lipinski definition) is 1. The Labute approximate surface area is 65.5 Å². The van der Waals surface area contributed by atoms with Crippen molar-refractivity contribution in [2.24, 2.45) is 5.73 Å².